The van der Waals surface area contributed by atoms with Gasteiger partial charge in [0.05, 0.1) is 11.5 Å². The van der Waals surface area contributed by atoms with Gasteiger partial charge in [0.1, 0.15) is 30.2 Å². The first-order chi connectivity index (χ1) is 24.2. The van der Waals surface area contributed by atoms with Gasteiger partial charge in [-0.2, -0.15) is 0 Å². The molecule has 13 heteroatoms. The number of nitrogens with one attached hydrogen (secondary N) is 5. The van der Waals surface area contributed by atoms with Gasteiger partial charge in [0.25, 0.3) is 0 Å². The van der Waals surface area contributed by atoms with Gasteiger partial charge in [-0.05, 0) is 57.1 Å². The number of nitrogens with zero attached hydrogens (tertiary/aromatic N) is 1. The fourth-order valence-electron chi connectivity index (χ4n) is 6.47. The van der Waals surface area contributed by atoms with Gasteiger partial charge in [0, 0.05) is 25.9 Å². The Kier molecular flexibility index (Phi) is 13.3. The van der Waals surface area contributed by atoms with Gasteiger partial charge >= 0.3 is 0 Å². The van der Waals surface area contributed by atoms with Crippen LogP contribution in [0.1, 0.15) is 71.4 Å². The van der Waals surface area contributed by atoms with Crippen LogP contribution in [0.15, 0.2) is 60.7 Å². The number of hydrogen-bond donors (Lipinski definition) is 6. The summed E-state index contributed by atoms with van der Waals surface area (Å²) >= 11 is 0. The Morgan fingerprint density at radius 2 is 1.49 bits per heavy atom. The fourth-order valence-corrected chi connectivity index (χ4v) is 6.47. The molecule has 0 radical (unpaired) electrons. The van der Waals surface area contributed by atoms with Crippen molar-refractivity contribution in [3.05, 3.63) is 71.8 Å². The van der Waals surface area contributed by atoms with Crippen LogP contribution in [0.4, 0.5) is 0 Å². The zero-order valence-electron chi connectivity index (χ0n) is 30.1. The lowest BCUT2D eigenvalue weighted by Crippen LogP contribution is -2.60. The van der Waals surface area contributed by atoms with Crippen LogP contribution in [-0.2, 0) is 40.6 Å². The van der Waals surface area contributed by atoms with Crippen LogP contribution in [0.3, 0.4) is 0 Å². The van der Waals surface area contributed by atoms with Gasteiger partial charge in [0.15, 0.2) is 0 Å². The number of carbonyl (C=O) groups excluding carboxylic acids is 6. The minimum atomic E-state index is -1.12. The van der Waals surface area contributed by atoms with Gasteiger partial charge in [0.2, 0.25) is 35.4 Å². The van der Waals surface area contributed by atoms with Crippen LogP contribution in [0.25, 0.3) is 0 Å². The second kappa shape index (κ2) is 17.4. The van der Waals surface area contributed by atoms with Crippen LogP contribution >= 0.6 is 0 Å². The Balaban J connectivity index is 1.67. The van der Waals surface area contributed by atoms with E-state index in [0.29, 0.717) is 0 Å². The molecule has 276 valence electrons. The average Bonchev–Trinajstić information content (AvgIpc) is 3.49. The highest BCUT2D eigenvalue weighted by molar-refractivity contribution is 5.97. The van der Waals surface area contributed by atoms with Gasteiger partial charge in [-0.3, -0.25) is 28.8 Å². The molecule has 6 amide bonds. The molecule has 51 heavy (non-hydrogen) atoms. The third-order valence-electron chi connectivity index (χ3n) is 9.50. The lowest BCUT2D eigenvalue weighted by Gasteiger charge is -2.30. The summed E-state index contributed by atoms with van der Waals surface area (Å²) in [5.41, 5.74) is 0.509. The van der Waals surface area contributed by atoms with Crippen LogP contribution in [0.5, 0.6) is 0 Å². The zero-order valence-corrected chi connectivity index (χ0v) is 30.1. The van der Waals surface area contributed by atoms with Crippen molar-refractivity contribution < 1.29 is 33.9 Å². The first kappa shape index (κ1) is 39.0. The van der Waals surface area contributed by atoms with E-state index in [1.54, 1.807) is 13.8 Å². The summed E-state index contributed by atoms with van der Waals surface area (Å²) in [5.74, 6) is -3.22. The molecular formula is C38H52N6O7. The number of carbonyl (C=O) groups is 6. The molecule has 0 bridgehead atoms. The van der Waals surface area contributed by atoms with E-state index in [2.05, 4.69) is 26.6 Å². The molecule has 2 heterocycles. The second-order valence-electron chi connectivity index (χ2n) is 14.5. The van der Waals surface area contributed by atoms with Gasteiger partial charge in [-0.15, -0.1) is 0 Å². The first-order valence-corrected chi connectivity index (χ1v) is 17.7. The summed E-state index contributed by atoms with van der Waals surface area (Å²) in [6.45, 7) is 8.84. The van der Waals surface area contributed by atoms with Crippen molar-refractivity contribution in [1.29, 1.82) is 0 Å². The van der Waals surface area contributed by atoms with Gasteiger partial charge < -0.3 is 36.6 Å². The SMILES string of the molecule is CC(C)C[C@@H]1NC(=O)[C@@H](Cc2ccccc2)NC(=O)[C@@H](NC(=O)C(C)(C)c2ccccc2)CCCNC(=O)[C@@H]2C[C@@H](O)CN2C(=O)[C@H](C)NC1=O. The van der Waals surface area contributed by atoms with E-state index in [-0.39, 0.29) is 51.1 Å². The Labute approximate surface area is 299 Å². The summed E-state index contributed by atoms with van der Waals surface area (Å²) in [6.07, 6.45) is -0.152. The molecule has 13 nitrogen and oxygen atoms in total. The van der Waals surface area contributed by atoms with Crippen molar-refractivity contribution in [3.63, 3.8) is 0 Å². The largest absolute Gasteiger partial charge is 0.391 e. The van der Waals surface area contributed by atoms with Crippen molar-refractivity contribution in [3.8, 4) is 0 Å². The van der Waals surface area contributed by atoms with Crippen LogP contribution in [-0.4, -0.2) is 94.9 Å². The lowest BCUT2D eigenvalue weighted by atomic mass is 9.83. The van der Waals surface area contributed by atoms with E-state index in [1.807, 2.05) is 74.5 Å². The molecule has 2 saturated heterocycles. The quantitative estimate of drug-likeness (QED) is 0.249. The molecule has 0 saturated carbocycles. The molecule has 0 aromatic heterocycles. The molecule has 0 unspecified atom stereocenters. The maximum absolute atomic E-state index is 14.1. The topological polar surface area (TPSA) is 186 Å². The second-order valence-corrected chi connectivity index (χ2v) is 14.5. The summed E-state index contributed by atoms with van der Waals surface area (Å²) in [5, 5.41) is 24.4. The predicted octanol–water partition coefficient (Wildman–Crippen LogP) is 1.08. The molecule has 0 aliphatic carbocycles. The molecule has 6 N–H and O–H groups in total. The number of fused-ring (bicyclic) bond motifs is 1. The molecule has 2 aromatic rings. The number of amides is 6. The predicted molar refractivity (Wildman–Crippen MR) is 191 cm³/mol. The lowest BCUT2D eigenvalue weighted by molar-refractivity contribution is -0.141. The smallest absolute Gasteiger partial charge is 0.245 e. The number of rotatable bonds is 7. The van der Waals surface area contributed by atoms with Crippen molar-refractivity contribution >= 4 is 35.4 Å². The van der Waals surface area contributed by atoms with E-state index >= 15 is 0 Å². The zero-order chi connectivity index (χ0) is 37.3. The monoisotopic (exact) mass is 704 g/mol. The fraction of sp³-hybridized carbons (Fsp3) is 0.526. The number of hydrogen-bond acceptors (Lipinski definition) is 7. The third-order valence-corrected chi connectivity index (χ3v) is 9.50. The maximum Gasteiger partial charge on any atom is 0.245 e. The highest BCUT2D eigenvalue weighted by Gasteiger charge is 2.41. The number of aliphatic hydroxyl groups is 1. The molecule has 6 atom stereocenters. The molecule has 2 aromatic carbocycles. The summed E-state index contributed by atoms with van der Waals surface area (Å²) in [6, 6.07) is 13.0. The highest BCUT2D eigenvalue weighted by atomic mass is 16.3. The van der Waals surface area contributed by atoms with Crippen molar-refractivity contribution in [2.45, 2.75) is 108 Å². The molecule has 4 rings (SSSR count). The first-order valence-electron chi connectivity index (χ1n) is 17.7. The minimum Gasteiger partial charge on any atom is -0.391 e. The van der Waals surface area contributed by atoms with Gasteiger partial charge in [-0.25, -0.2) is 0 Å². The van der Waals surface area contributed by atoms with Crippen LogP contribution in [0, 0.1) is 5.92 Å². The van der Waals surface area contributed by atoms with E-state index in [4.69, 9.17) is 0 Å². The van der Waals surface area contributed by atoms with Crippen molar-refractivity contribution in [2.24, 2.45) is 5.92 Å². The molecule has 0 spiro atoms. The van der Waals surface area contributed by atoms with E-state index in [0.717, 1.165) is 11.1 Å². The Bertz CT molecular complexity index is 1550. The number of benzene rings is 2. The maximum atomic E-state index is 14.1. The Hall–Kier alpha value is -4.78. The van der Waals surface area contributed by atoms with Crippen molar-refractivity contribution in [2.75, 3.05) is 13.1 Å². The average molecular weight is 705 g/mol. The van der Waals surface area contributed by atoms with E-state index in [9.17, 15) is 33.9 Å². The van der Waals surface area contributed by atoms with Crippen LogP contribution < -0.4 is 26.6 Å². The van der Waals surface area contributed by atoms with E-state index < -0.39 is 77.2 Å². The summed E-state index contributed by atoms with van der Waals surface area (Å²) in [4.78, 5) is 83.5. The molecule has 2 fully saturated rings. The standard InChI is InChI=1S/C38H52N6O7/c1-23(2)19-29-33(47)40-24(3)36(50)44-22-27(45)21-31(44)35(49)39-18-12-17-28(43-37(51)38(4,5)26-15-10-7-11-16-26)32(46)42-30(34(48)41-29)20-25-13-8-6-9-14-25/h6-11,13-16,23-24,27-31,45H,12,17-22H2,1-5H3,(H,39,49)(H,40,47)(H,41,48)(H,42,46)(H,43,51)/t24-,27+,28-,29-,30+,31-/m0/s1. The molecule has 2 aliphatic heterocycles. The van der Waals surface area contributed by atoms with Crippen LogP contribution in [0.2, 0.25) is 0 Å². The third kappa shape index (κ3) is 10.4. The normalized spacial score (nSPS) is 25.9. The van der Waals surface area contributed by atoms with Crippen molar-refractivity contribution in [1.82, 2.24) is 31.5 Å². The summed E-state index contributed by atoms with van der Waals surface area (Å²) in [7, 11) is 0. The molecule has 2 aliphatic rings. The Morgan fingerprint density at radius 3 is 2.14 bits per heavy atom. The van der Waals surface area contributed by atoms with Gasteiger partial charge in [-0.1, -0.05) is 74.5 Å². The molecular weight excluding hydrogens is 652 g/mol. The minimum absolute atomic E-state index is 0.0264. The highest BCUT2D eigenvalue weighted by Crippen LogP contribution is 2.24. The van der Waals surface area contributed by atoms with E-state index in [1.165, 1.54) is 11.8 Å². The Morgan fingerprint density at radius 1 is 0.882 bits per heavy atom. The number of aliphatic hydroxyl groups excluding tert-OH is 1. The summed E-state index contributed by atoms with van der Waals surface area (Å²) < 4.78 is 0.